The molecule has 0 atom stereocenters. The number of nitrogens with one attached hydrogen (secondary N) is 1. The second kappa shape index (κ2) is 52.9. The van der Waals surface area contributed by atoms with Crippen LogP contribution in [0.25, 0.3) is 21.3 Å². The lowest BCUT2D eigenvalue weighted by Gasteiger charge is -2.11. The lowest BCUT2D eigenvalue weighted by atomic mass is 10.1. The summed E-state index contributed by atoms with van der Waals surface area (Å²) in [6.45, 7) is 10.4. The minimum atomic E-state index is -0.685. The predicted octanol–water partition coefficient (Wildman–Crippen LogP) is 21.3. The number of anilines is 1. The molecule has 0 amide bonds. The van der Waals surface area contributed by atoms with Crippen LogP contribution in [0.15, 0.2) is 260 Å². The highest BCUT2D eigenvalue weighted by Crippen LogP contribution is 2.37. The number of nitrogens with zero attached hydrogens (tertiary/aromatic N) is 4. The number of thiazole rings is 1. The number of aromatic nitrogens is 1. The van der Waals surface area contributed by atoms with E-state index in [9.17, 15) is 38.4 Å². The van der Waals surface area contributed by atoms with E-state index in [-0.39, 0.29) is 168 Å². The molecule has 0 saturated carbocycles. The lowest BCUT2D eigenvalue weighted by Crippen LogP contribution is -2.12. The maximum absolute atomic E-state index is 13.2. The van der Waals surface area contributed by atoms with Crippen molar-refractivity contribution in [1.29, 1.82) is 0 Å². The lowest BCUT2D eigenvalue weighted by molar-refractivity contribution is -0.150. The van der Waals surface area contributed by atoms with E-state index in [1.165, 1.54) is 145 Å². The van der Waals surface area contributed by atoms with Crippen molar-refractivity contribution in [3.8, 4) is 57.1 Å². The minimum Gasteiger partial charge on any atom is -0.457 e. The summed E-state index contributed by atoms with van der Waals surface area (Å²) in [5, 5.41) is 13.7. The number of carbonyl (C=O) groups is 8. The number of rotatable bonds is 29. The number of carbonyl (C=O) groups excluding carboxylic acids is 8. The maximum atomic E-state index is 13.2. The van der Waals surface area contributed by atoms with Crippen molar-refractivity contribution in [1.82, 2.24) is 4.98 Å². The number of fused-ring (bicyclic) bond motifs is 4. The van der Waals surface area contributed by atoms with Crippen LogP contribution in [-0.4, -0.2) is 98.1 Å². The molecule has 1 aliphatic carbocycles. The van der Waals surface area contributed by atoms with Crippen LogP contribution in [0.3, 0.4) is 0 Å². The van der Waals surface area contributed by atoms with Gasteiger partial charge in [0, 0.05) is 46.9 Å². The fourth-order valence-corrected chi connectivity index (χ4v) is 10.0. The number of hydrogen-bond acceptors (Lipinski definition) is 26. The van der Waals surface area contributed by atoms with E-state index in [0.29, 0.717) is 45.0 Å². The van der Waals surface area contributed by atoms with Gasteiger partial charge in [0.1, 0.15) is 51.7 Å². The Hall–Kier alpha value is -14.1. The van der Waals surface area contributed by atoms with Gasteiger partial charge in [-0.15, -0.1) is 5.10 Å². The fourth-order valence-electron chi connectivity index (χ4n) is 9.20. The van der Waals surface area contributed by atoms with Gasteiger partial charge in [-0.25, -0.2) is 38.5 Å². The first-order chi connectivity index (χ1) is 50.6. The standard InChI is InChI=1S/C42H32N2O10.C36H27N3O10S.12CH4/c1-3-38(45)51-25-49-30-17-13-27(14-18-30)41(47)53-32-21-22-37(54-42(48)28-15-19-31(20-16-28)50-26-52-39(46)4-2)29(23-32)24-43-44-40-35-11-7-5-9-33(35)34-10-6-8-12-36(34)40;1-3-32(40)46-21-44-26-13-9-23(10-14-26)34(42)48-28-17-18-30(25(19-28)20-37-39-36-38-29-7-5-6-8-31(29)50-36)49-35(43)24-11-15-27(16-12-24)45-22-47-33(41)4-2;;;;;;;;;;;;/h4-24H,2-3,25-26H2,1H3;3-20H,1-2,21-22H2,(H,38,39);12*1H4/b43-24+;37-20+;;;;;;;;;;;;. The number of hydrazone groups is 1. The van der Waals surface area contributed by atoms with Gasteiger partial charge in [-0.3, -0.25) is 10.2 Å². The number of benzene rings is 9. The zero-order chi connectivity index (χ0) is 73.2. The molecule has 0 spiro atoms. The molecule has 0 bridgehead atoms. The highest BCUT2D eigenvalue weighted by molar-refractivity contribution is 7.22. The van der Waals surface area contributed by atoms with Crippen molar-refractivity contribution < 1.29 is 95.2 Å². The molecular formula is C90H107N5O20S. The zero-order valence-corrected chi connectivity index (χ0v) is 55.9. The molecule has 1 aromatic heterocycles. The van der Waals surface area contributed by atoms with Gasteiger partial charge < -0.3 is 56.8 Å². The van der Waals surface area contributed by atoms with Crippen molar-refractivity contribution in [2.75, 3.05) is 32.6 Å². The van der Waals surface area contributed by atoms with E-state index in [0.717, 1.165) is 50.7 Å². The van der Waals surface area contributed by atoms with E-state index in [4.69, 9.17) is 56.8 Å². The van der Waals surface area contributed by atoms with E-state index in [2.05, 4.69) is 45.5 Å². The molecular weight excluding hydrogens is 1500 g/mol. The summed E-state index contributed by atoms with van der Waals surface area (Å²) >= 11 is 1.41. The first-order valence-corrected chi connectivity index (χ1v) is 32.0. The number of para-hydroxylation sites is 1. The molecule has 116 heavy (non-hydrogen) atoms. The first-order valence-electron chi connectivity index (χ1n) is 31.2. The molecule has 0 saturated heterocycles. The predicted molar refractivity (Wildman–Crippen MR) is 462 cm³/mol. The van der Waals surface area contributed by atoms with Crippen LogP contribution in [-0.2, 0) is 38.1 Å². The third kappa shape index (κ3) is 29.8. The van der Waals surface area contributed by atoms with Gasteiger partial charge in [-0.05, 0) is 157 Å². The molecule has 0 aliphatic heterocycles. The smallest absolute Gasteiger partial charge is 0.343 e. The summed E-state index contributed by atoms with van der Waals surface area (Å²) < 4.78 is 64.3. The minimum absolute atomic E-state index is 0. The summed E-state index contributed by atoms with van der Waals surface area (Å²) in [6, 6.07) is 56.4. The summed E-state index contributed by atoms with van der Waals surface area (Å²) in [5.74, 6) is -2.98. The average molecular weight is 1610 g/mol. The second-order valence-corrected chi connectivity index (χ2v) is 22.1. The van der Waals surface area contributed by atoms with Crippen molar-refractivity contribution in [3.63, 3.8) is 0 Å². The van der Waals surface area contributed by atoms with Gasteiger partial charge in [0.15, 0.2) is 0 Å². The van der Waals surface area contributed by atoms with Gasteiger partial charge >= 0.3 is 47.8 Å². The third-order valence-electron chi connectivity index (χ3n) is 14.3. The van der Waals surface area contributed by atoms with Gasteiger partial charge in [-0.1, -0.05) is 188 Å². The van der Waals surface area contributed by atoms with Crippen LogP contribution in [0.4, 0.5) is 5.13 Å². The number of ether oxygens (including phenoxy) is 12. The Kier molecular flexibility index (Phi) is 48.4. The molecule has 0 unspecified atom stereocenters. The van der Waals surface area contributed by atoms with E-state index < -0.39 is 47.8 Å². The topological polar surface area (TPSA) is 309 Å². The largest absolute Gasteiger partial charge is 0.457 e. The highest BCUT2D eigenvalue weighted by Gasteiger charge is 2.25. The summed E-state index contributed by atoms with van der Waals surface area (Å²) in [6.07, 6.45) is 6.09. The van der Waals surface area contributed by atoms with Crippen molar-refractivity contribution in [2.45, 2.75) is 102 Å². The molecule has 0 radical (unpaired) electrons. The molecule has 618 valence electrons. The van der Waals surface area contributed by atoms with Crippen LogP contribution >= 0.6 is 11.3 Å². The molecule has 1 aliphatic rings. The van der Waals surface area contributed by atoms with Gasteiger partial charge in [0.2, 0.25) is 32.3 Å². The Balaban J connectivity index is -0.00000200. The van der Waals surface area contributed by atoms with Crippen LogP contribution in [0.2, 0.25) is 0 Å². The third-order valence-corrected chi connectivity index (χ3v) is 15.3. The molecule has 1 N–H and O–H groups in total. The van der Waals surface area contributed by atoms with Crippen molar-refractivity contribution in [2.24, 2.45) is 15.3 Å². The average Bonchev–Trinajstić information content (AvgIpc) is 1.61. The summed E-state index contributed by atoms with van der Waals surface area (Å²) in [5.41, 5.74) is 9.76. The van der Waals surface area contributed by atoms with Crippen LogP contribution in [0.5, 0.6) is 46.0 Å². The SMILES string of the molecule is C.C.C.C.C.C.C.C.C.C.C.C.C=CC(=O)OCOc1ccc(C(=O)Oc2ccc(OC(=O)c3ccc(OCOC(=O)C=C)cc3)c(/C=N/Nc3nc4ccccc4s3)c2)cc1.C=CC(=O)OCOc1ccc(C(=O)Oc2ccc(OC(=O)c3ccc(OCOC(=O)CC)cc3)cc2/C=N/N=C2c3ccccc3-c3ccccc32)cc1. The Morgan fingerprint density at radius 2 is 0.716 bits per heavy atom. The van der Waals surface area contributed by atoms with Gasteiger partial charge in [-0.2, -0.15) is 10.2 Å². The van der Waals surface area contributed by atoms with Gasteiger partial charge in [0.05, 0.1) is 44.9 Å². The highest BCUT2D eigenvalue weighted by atomic mass is 32.1. The Labute approximate surface area is 685 Å². The molecule has 1 heterocycles. The molecule has 11 rings (SSSR count). The fraction of sp³-hybridized carbons (Fsp3) is 0.200. The van der Waals surface area contributed by atoms with E-state index >= 15 is 0 Å². The second-order valence-electron chi connectivity index (χ2n) is 21.1. The van der Waals surface area contributed by atoms with Gasteiger partial charge in [0.25, 0.3) is 0 Å². The molecule has 9 aromatic carbocycles. The Morgan fingerprint density at radius 3 is 1.08 bits per heavy atom. The first kappa shape index (κ1) is 106. The van der Waals surface area contributed by atoms with Crippen molar-refractivity contribution in [3.05, 3.63) is 289 Å². The number of hydrogen-bond donors (Lipinski definition) is 1. The molecule has 10 aromatic rings. The Morgan fingerprint density at radius 1 is 0.388 bits per heavy atom. The Bertz CT molecular complexity index is 4860. The van der Waals surface area contributed by atoms with E-state index in [1.54, 1.807) is 19.1 Å². The van der Waals surface area contributed by atoms with Crippen LogP contribution in [0, 0.1) is 0 Å². The molecule has 0 fully saturated rings. The normalized spacial score (nSPS) is 9.75. The van der Waals surface area contributed by atoms with E-state index in [1.807, 2.05) is 72.8 Å². The van der Waals surface area contributed by atoms with Crippen LogP contribution < -0.4 is 43.3 Å². The summed E-state index contributed by atoms with van der Waals surface area (Å²) in [4.78, 5) is 102. The monoisotopic (exact) mass is 1610 g/mol. The quantitative estimate of drug-likeness (QED) is 0.00866. The molecule has 26 heteroatoms. The zero-order valence-electron chi connectivity index (χ0n) is 55.0. The van der Waals surface area contributed by atoms with Crippen LogP contribution in [0.1, 0.15) is 166 Å². The summed E-state index contributed by atoms with van der Waals surface area (Å²) in [7, 11) is 0. The maximum Gasteiger partial charge on any atom is 0.343 e. The molecule has 25 nitrogen and oxygen atoms in total. The van der Waals surface area contributed by atoms with Crippen molar-refractivity contribution >= 4 is 92.6 Å². The number of esters is 8.